The summed E-state index contributed by atoms with van der Waals surface area (Å²) in [6.45, 7) is 1.78. The Morgan fingerprint density at radius 2 is 0.963 bits per heavy atom. The molecule has 3 atom stereocenters. The lowest BCUT2D eigenvalue weighted by atomic mass is 10.3. The molecule has 0 saturated carbocycles. The predicted molar refractivity (Wildman–Crippen MR) is 215 cm³/mol. The number of ether oxygens (including phenoxy) is 1. The molecule has 0 amide bonds. The molecule has 0 saturated heterocycles. The van der Waals surface area contributed by atoms with Gasteiger partial charge in [0.2, 0.25) is 0 Å². The number of benzene rings is 6. The summed E-state index contributed by atoms with van der Waals surface area (Å²) in [6, 6.07) is 49.3. The second-order valence-corrected chi connectivity index (χ2v) is 17.7. The van der Waals surface area contributed by atoms with Crippen LogP contribution in [0.4, 0.5) is 0 Å². The molecule has 278 valence electrons. The van der Waals surface area contributed by atoms with Crippen LogP contribution in [0.2, 0.25) is 0 Å². The van der Waals surface area contributed by atoms with Crippen LogP contribution >= 0.6 is 23.1 Å². The van der Waals surface area contributed by atoms with Gasteiger partial charge in [-0.05, 0) is 60.7 Å². The van der Waals surface area contributed by atoms with E-state index >= 15 is 0 Å². The molecule has 0 aromatic heterocycles. The molecule has 54 heavy (non-hydrogen) atoms. The maximum atomic E-state index is 10.4. The molecule has 6 aromatic rings. The van der Waals surface area contributed by atoms with Crippen molar-refractivity contribution in [1.82, 2.24) is 0 Å². The highest BCUT2D eigenvalue weighted by Crippen LogP contribution is 2.66. The van der Waals surface area contributed by atoms with Gasteiger partial charge in [-0.3, -0.25) is 5.16 Å². The maximum absolute atomic E-state index is 10.4. The molecule has 0 heterocycles. The molecule has 14 heteroatoms. The number of para-hydroxylation sites is 5. The van der Waals surface area contributed by atoms with Gasteiger partial charge in [0.05, 0.1) is 6.16 Å². The summed E-state index contributed by atoms with van der Waals surface area (Å²) in [5.41, 5.74) is 0. The van der Waals surface area contributed by atoms with Gasteiger partial charge in [0, 0.05) is 18.2 Å². The largest absolute Gasteiger partial charge is 0.508 e. The minimum Gasteiger partial charge on any atom is -0.508 e. The Hall–Kier alpha value is -5.59. The van der Waals surface area contributed by atoms with Crippen LogP contribution in [0.3, 0.4) is 0 Å². The van der Waals surface area contributed by atoms with Crippen molar-refractivity contribution in [2.75, 3.05) is 12.8 Å². The number of hydrogen-bond donors (Lipinski definition) is 3. The molecule has 11 nitrogen and oxygen atoms in total. The van der Waals surface area contributed by atoms with E-state index < -0.39 is 28.9 Å². The predicted octanol–water partition coefficient (Wildman–Crippen LogP) is 12.1. The average molecular weight is 784 g/mol. The first-order valence-electron chi connectivity index (χ1n) is 17.0. The van der Waals surface area contributed by atoms with E-state index in [0.717, 1.165) is 0 Å². The molecule has 0 aliphatic rings. The number of phenolic OH excluding ortho intramolecular Hbond substituents is 2. The zero-order valence-corrected chi connectivity index (χ0v) is 32.1. The number of nitrogens with one attached hydrogen (secondary N) is 1. The van der Waals surface area contributed by atoms with Gasteiger partial charge in [-0.1, -0.05) is 97.9 Å². The number of rotatable bonds is 17. The Labute approximate surface area is 315 Å². The molecule has 0 aliphatic heterocycles. The lowest BCUT2D eigenvalue weighted by Gasteiger charge is -2.30. The third kappa shape index (κ3) is 11.0. The van der Waals surface area contributed by atoms with Gasteiger partial charge in [-0.15, -0.1) is 4.52 Å². The molecule has 6 aromatic carbocycles. The van der Waals surface area contributed by atoms with Crippen molar-refractivity contribution in [2.24, 2.45) is 9.26 Å². The summed E-state index contributed by atoms with van der Waals surface area (Å²) in [4.78, 5) is 0. The second-order valence-electron chi connectivity index (χ2n) is 11.6. The highest BCUT2D eigenvalue weighted by atomic mass is 31.2. The molecule has 3 N–H and O–H groups in total. The topological polar surface area (TPSA) is 144 Å². The lowest BCUT2D eigenvalue weighted by Crippen LogP contribution is -2.16. The van der Waals surface area contributed by atoms with Crippen molar-refractivity contribution < 1.29 is 37.6 Å². The first-order chi connectivity index (χ1) is 26.3. The van der Waals surface area contributed by atoms with E-state index in [4.69, 9.17) is 36.6 Å². The van der Waals surface area contributed by atoms with Crippen LogP contribution in [0, 0.1) is 5.16 Å². The Balaban J connectivity index is 1.61. The summed E-state index contributed by atoms with van der Waals surface area (Å²) in [5.74, 6) is 1.02. The van der Waals surface area contributed by atoms with E-state index in [1.165, 1.54) is 18.2 Å². The van der Waals surface area contributed by atoms with Crippen molar-refractivity contribution in [3.05, 3.63) is 170 Å². The fourth-order valence-corrected chi connectivity index (χ4v) is 11.7. The number of aromatic hydroxyl groups is 2. The van der Waals surface area contributed by atoms with Crippen molar-refractivity contribution in [3.63, 3.8) is 0 Å². The van der Waals surface area contributed by atoms with Gasteiger partial charge in [-0.25, -0.2) is 0 Å². The van der Waals surface area contributed by atoms with Crippen LogP contribution in [0.15, 0.2) is 179 Å². The highest BCUT2D eigenvalue weighted by molar-refractivity contribution is 7.68. The molecular formula is C40H40N3O8P3. The quantitative estimate of drug-likeness (QED) is 0.0775. The third-order valence-corrected chi connectivity index (χ3v) is 14.2. The normalized spacial score (nSPS) is 13.3. The molecule has 0 bridgehead atoms. The van der Waals surface area contributed by atoms with E-state index in [1.54, 1.807) is 48.5 Å². The first-order valence-corrected chi connectivity index (χ1v) is 21.8. The van der Waals surface area contributed by atoms with Crippen LogP contribution in [0.1, 0.15) is 6.92 Å². The SMILES string of the molecule is CCP(=NP(=NC(COc1ccccc1)[PH](=N)Oc1ccccc1)(Oc1ccccc1)Oc1ccccc1)(Oc1ccccc1)Oc1cc(O)cc(O)c1. The fourth-order valence-electron chi connectivity index (χ4n) is 4.93. The maximum Gasteiger partial charge on any atom is 0.449 e. The van der Waals surface area contributed by atoms with Crippen LogP contribution in [-0.4, -0.2) is 28.8 Å². The third-order valence-electron chi connectivity index (χ3n) is 7.41. The standard InChI is InChI=1S/C40H40N3O8P3/c1-2-53(48-36-22-12-5-13-23-36,49-39-29-32(44)28-33(45)30-39)43-54(50-37-24-14-6-15-25-37,51-38-26-16-7-17-27-38)42-40(31-46-34-18-8-3-9-19-34)52(41)47-35-20-10-4-11-21-35/h3-30,40-41,44-45,52H,2,31H2,1H3. The zero-order valence-electron chi connectivity index (χ0n) is 29.3. The number of phenols is 2. The van der Waals surface area contributed by atoms with Crippen LogP contribution in [0.5, 0.6) is 46.0 Å². The van der Waals surface area contributed by atoms with E-state index in [-0.39, 0.29) is 30.0 Å². The molecule has 3 unspecified atom stereocenters. The van der Waals surface area contributed by atoms with E-state index in [9.17, 15) is 15.4 Å². The number of nitrogens with zero attached hydrogens (tertiary/aromatic N) is 2. The highest BCUT2D eigenvalue weighted by Gasteiger charge is 2.37. The van der Waals surface area contributed by atoms with E-state index in [0.29, 0.717) is 28.7 Å². The van der Waals surface area contributed by atoms with Crippen molar-refractivity contribution in [1.29, 1.82) is 5.16 Å². The fraction of sp³-hybridized carbons (Fsp3) is 0.100. The average Bonchev–Trinajstić information content (AvgIpc) is 3.18. The molecular weight excluding hydrogens is 743 g/mol. The Morgan fingerprint density at radius 1 is 0.556 bits per heavy atom. The van der Waals surface area contributed by atoms with Gasteiger partial charge < -0.3 is 37.6 Å². The monoisotopic (exact) mass is 783 g/mol. The Bertz CT molecular complexity index is 2150. The van der Waals surface area contributed by atoms with Crippen LogP contribution in [-0.2, 0) is 0 Å². The molecule has 6 rings (SSSR count). The summed E-state index contributed by atoms with van der Waals surface area (Å²) >= 11 is 0. The Kier molecular flexibility index (Phi) is 13.0. The minimum absolute atomic E-state index is 0.0688. The van der Waals surface area contributed by atoms with E-state index in [1.807, 2.05) is 110 Å². The van der Waals surface area contributed by atoms with Gasteiger partial charge in [0.1, 0.15) is 60.5 Å². The van der Waals surface area contributed by atoms with Crippen molar-refractivity contribution >= 4 is 23.1 Å². The number of hydrogen-bond acceptors (Lipinski definition) is 10. The van der Waals surface area contributed by atoms with Crippen LogP contribution in [0.25, 0.3) is 0 Å². The summed E-state index contributed by atoms with van der Waals surface area (Å²) in [5, 5.41) is 30.3. The van der Waals surface area contributed by atoms with Crippen molar-refractivity contribution in [3.8, 4) is 46.0 Å². The smallest absolute Gasteiger partial charge is 0.449 e. The second kappa shape index (κ2) is 18.4. The molecule has 0 spiro atoms. The minimum atomic E-state index is -4.04. The van der Waals surface area contributed by atoms with Gasteiger partial charge in [-0.2, -0.15) is 4.74 Å². The summed E-state index contributed by atoms with van der Waals surface area (Å²) < 4.78 is 50.0. The van der Waals surface area contributed by atoms with Gasteiger partial charge in [0.15, 0.2) is 5.78 Å². The zero-order chi connectivity index (χ0) is 37.6. The Morgan fingerprint density at radius 3 is 1.43 bits per heavy atom. The molecule has 0 radical (unpaired) electrons. The van der Waals surface area contributed by atoms with Crippen LogP contribution < -0.4 is 27.4 Å². The van der Waals surface area contributed by atoms with Gasteiger partial charge >= 0.3 is 15.2 Å². The van der Waals surface area contributed by atoms with Gasteiger partial charge in [0.25, 0.3) is 0 Å². The van der Waals surface area contributed by atoms with E-state index in [2.05, 4.69) is 0 Å². The van der Waals surface area contributed by atoms with Crippen molar-refractivity contribution in [2.45, 2.75) is 12.7 Å². The first kappa shape index (κ1) is 38.1. The molecule has 0 fully saturated rings. The lowest BCUT2D eigenvalue weighted by molar-refractivity contribution is 0.313. The summed E-state index contributed by atoms with van der Waals surface area (Å²) in [7, 11) is -10.3. The summed E-state index contributed by atoms with van der Waals surface area (Å²) in [6.07, 6.45) is 0.177. The molecule has 0 aliphatic carbocycles.